The summed E-state index contributed by atoms with van der Waals surface area (Å²) in [6.45, 7) is 0. The molecule has 7 heteroatoms. The van der Waals surface area contributed by atoms with Gasteiger partial charge in [-0.05, 0) is 30.3 Å². The zero-order chi connectivity index (χ0) is 15.8. The highest BCUT2D eigenvalue weighted by atomic mass is 16.5. The third-order valence-electron chi connectivity index (χ3n) is 3.43. The molecule has 23 heavy (non-hydrogen) atoms. The van der Waals surface area contributed by atoms with Gasteiger partial charge in [0.05, 0.1) is 18.2 Å². The molecule has 4 aromatic rings. The zero-order valence-corrected chi connectivity index (χ0v) is 12.1. The molecule has 0 aliphatic rings. The Morgan fingerprint density at radius 2 is 1.87 bits per heavy atom. The summed E-state index contributed by atoms with van der Waals surface area (Å²) in [5.41, 5.74) is 2.42. The van der Waals surface area contributed by atoms with Gasteiger partial charge in [0, 0.05) is 5.56 Å². The molecule has 1 N–H and O–H groups in total. The third kappa shape index (κ3) is 2.28. The van der Waals surface area contributed by atoms with E-state index in [2.05, 4.69) is 15.2 Å². The molecule has 0 spiro atoms. The van der Waals surface area contributed by atoms with Crippen molar-refractivity contribution in [1.82, 2.24) is 15.2 Å². The van der Waals surface area contributed by atoms with Crippen molar-refractivity contribution < 1.29 is 13.6 Å². The Balaban J connectivity index is 1.78. The lowest BCUT2D eigenvalue weighted by molar-refractivity contribution is 0.414. The number of oxazole rings is 1. The van der Waals surface area contributed by atoms with Crippen molar-refractivity contribution in [3.05, 3.63) is 53.0 Å². The normalized spacial score (nSPS) is 11.0. The summed E-state index contributed by atoms with van der Waals surface area (Å²) in [6, 6.07) is 12.6. The van der Waals surface area contributed by atoms with Crippen molar-refractivity contribution in [1.29, 1.82) is 0 Å². The summed E-state index contributed by atoms with van der Waals surface area (Å²) in [5.74, 6) is 0.830. The molecule has 0 saturated carbocycles. The van der Waals surface area contributed by atoms with Crippen LogP contribution in [0, 0.1) is 0 Å². The summed E-state index contributed by atoms with van der Waals surface area (Å²) in [5, 5.41) is 8.11. The predicted octanol–water partition coefficient (Wildman–Crippen LogP) is 2.85. The molecule has 114 valence electrons. The van der Waals surface area contributed by atoms with E-state index in [1.54, 1.807) is 25.3 Å². The van der Waals surface area contributed by atoms with E-state index < -0.39 is 5.76 Å². The van der Waals surface area contributed by atoms with Crippen LogP contribution in [0.15, 0.2) is 56.1 Å². The van der Waals surface area contributed by atoms with Gasteiger partial charge in [0.15, 0.2) is 5.58 Å². The molecule has 0 fully saturated rings. The Labute approximate surface area is 129 Å². The van der Waals surface area contributed by atoms with Crippen molar-refractivity contribution in [3.63, 3.8) is 0 Å². The second-order valence-corrected chi connectivity index (χ2v) is 4.84. The monoisotopic (exact) mass is 309 g/mol. The van der Waals surface area contributed by atoms with Crippen molar-refractivity contribution in [3.8, 4) is 28.7 Å². The van der Waals surface area contributed by atoms with Crippen LogP contribution in [0.3, 0.4) is 0 Å². The Kier molecular flexibility index (Phi) is 2.97. The molecule has 2 aromatic carbocycles. The lowest BCUT2D eigenvalue weighted by atomic mass is 10.2. The van der Waals surface area contributed by atoms with Crippen molar-refractivity contribution in [2.45, 2.75) is 0 Å². The highest BCUT2D eigenvalue weighted by Crippen LogP contribution is 2.31. The van der Waals surface area contributed by atoms with Crippen LogP contribution >= 0.6 is 0 Å². The van der Waals surface area contributed by atoms with E-state index in [1.807, 2.05) is 24.3 Å². The van der Waals surface area contributed by atoms with Gasteiger partial charge in [-0.15, -0.1) is 10.2 Å². The van der Waals surface area contributed by atoms with Gasteiger partial charge >= 0.3 is 5.76 Å². The van der Waals surface area contributed by atoms with E-state index in [1.165, 1.54) is 0 Å². The number of aromatic nitrogens is 3. The number of aromatic amines is 1. The van der Waals surface area contributed by atoms with Crippen LogP contribution < -0.4 is 10.5 Å². The van der Waals surface area contributed by atoms with E-state index in [9.17, 15) is 4.79 Å². The Morgan fingerprint density at radius 3 is 2.74 bits per heavy atom. The van der Waals surface area contributed by atoms with E-state index in [-0.39, 0.29) is 0 Å². The smallest absolute Gasteiger partial charge is 0.417 e. The zero-order valence-electron chi connectivity index (χ0n) is 12.1. The first-order valence-electron chi connectivity index (χ1n) is 6.85. The second-order valence-electron chi connectivity index (χ2n) is 4.84. The first-order valence-corrected chi connectivity index (χ1v) is 6.85. The fourth-order valence-electron chi connectivity index (χ4n) is 2.35. The molecular weight excluding hydrogens is 298 g/mol. The van der Waals surface area contributed by atoms with Crippen molar-refractivity contribution >= 4 is 11.1 Å². The molecule has 0 aliphatic carbocycles. The summed E-state index contributed by atoms with van der Waals surface area (Å²) >= 11 is 0. The van der Waals surface area contributed by atoms with Gasteiger partial charge in [-0.25, -0.2) is 4.79 Å². The number of hydrogen-bond acceptors (Lipinski definition) is 6. The SMILES string of the molecule is COc1ccccc1-c1nnc(-c2ccc3[nH]c(=O)oc3c2)o1. The summed E-state index contributed by atoms with van der Waals surface area (Å²) in [4.78, 5) is 13.8. The maximum absolute atomic E-state index is 11.2. The number of benzene rings is 2. The number of rotatable bonds is 3. The first-order chi connectivity index (χ1) is 11.2. The van der Waals surface area contributed by atoms with Crippen molar-refractivity contribution in [2.24, 2.45) is 0 Å². The number of H-pyrrole nitrogens is 1. The summed E-state index contributed by atoms with van der Waals surface area (Å²) in [6.07, 6.45) is 0. The molecule has 0 saturated heterocycles. The van der Waals surface area contributed by atoms with E-state index in [0.29, 0.717) is 39.8 Å². The predicted molar refractivity (Wildman–Crippen MR) is 82.1 cm³/mol. The fraction of sp³-hybridized carbons (Fsp3) is 0.0625. The lowest BCUT2D eigenvalue weighted by Gasteiger charge is -2.03. The standard InChI is InChI=1S/C16H11N3O4/c1-21-12-5-3-2-4-10(12)15-19-18-14(23-15)9-6-7-11-13(8-9)22-16(20)17-11/h2-8H,1H3,(H,17,20). The number of ether oxygens (including phenoxy) is 1. The van der Waals surface area contributed by atoms with Crippen molar-refractivity contribution in [2.75, 3.05) is 7.11 Å². The molecule has 7 nitrogen and oxygen atoms in total. The average molecular weight is 309 g/mol. The van der Waals surface area contributed by atoms with Crippen LogP contribution in [0.2, 0.25) is 0 Å². The second kappa shape index (κ2) is 5.13. The van der Waals surface area contributed by atoms with E-state index in [4.69, 9.17) is 13.6 Å². The minimum atomic E-state index is -0.502. The lowest BCUT2D eigenvalue weighted by Crippen LogP contribution is -1.92. The van der Waals surface area contributed by atoms with Gasteiger partial charge in [0.25, 0.3) is 5.89 Å². The average Bonchev–Trinajstić information content (AvgIpc) is 3.19. The maximum Gasteiger partial charge on any atom is 0.417 e. The molecule has 0 atom stereocenters. The summed E-state index contributed by atoms with van der Waals surface area (Å²) in [7, 11) is 1.58. The molecule has 2 heterocycles. The Bertz CT molecular complexity index is 1040. The van der Waals surface area contributed by atoms with Crippen LogP contribution in [0.25, 0.3) is 34.0 Å². The Hall–Kier alpha value is -3.35. The van der Waals surface area contributed by atoms with Gasteiger partial charge in [-0.3, -0.25) is 4.98 Å². The van der Waals surface area contributed by atoms with Gasteiger partial charge < -0.3 is 13.6 Å². The molecule has 4 rings (SSSR count). The topological polar surface area (TPSA) is 94.2 Å². The molecule has 0 radical (unpaired) electrons. The maximum atomic E-state index is 11.2. The van der Waals surface area contributed by atoms with Crippen LogP contribution in [0.1, 0.15) is 0 Å². The number of methoxy groups -OCH3 is 1. The van der Waals surface area contributed by atoms with Gasteiger partial charge in [-0.2, -0.15) is 0 Å². The van der Waals surface area contributed by atoms with Crippen LogP contribution in [0.4, 0.5) is 0 Å². The highest BCUT2D eigenvalue weighted by molar-refractivity contribution is 5.78. The van der Waals surface area contributed by atoms with Crippen LogP contribution in [-0.4, -0.2) is 22.3 Å². The minimum absolute atomic E-state index is 0.330. The van der Waals surface area contributed by atoms with E-state index in [0.717, 1.165) is 0 Å². The van der Waals surface area contributed by atoms with Gasteiger partial charge in [0.1, 0.15) is 5.75 Å². The first kappa shape index (κ1) is 13.3. The number of hydrogen-bond donors (Lipinski definition) is 1. The number of fused-ring (bicyclic) bond motifs is 1. The largest absolute Gasteiger partial charge is 0.496 e. The van der Waals surface area contributed by atoms with Crippen LogP contribution in [-0.2, 0) is 0 Å². The molecule has 0 bridgehead atoms. The molecule has 0 amide bonds. The highest BCUT2D eigenvalue weighted by Gasteiger charge is 2.15. The Morgan fingerprint density at radius 1 is 1.04 bits per heavy atom. The third-order valence-corrected chi connectivity index (χ3v) is 3.43. The molecular formula is C16H11N3O4. The number of nitrogens with zero attached hydrogens (tertiary/aromatic N) is 2. The number of para-hydroxylation sites is 1. The van der Waals surface area contributed by atoms with Gasteiger partial charge in [-0.1, -0.05) is 12.1 Å². The molecule has 0 aliphatic heterocycles. The summed E-state index contributed by atoms with van der Waals surface area (Å²) < 4.78 is 16.1. The molecule has 0 unspecified atom stereocenters. The van der Waals surface area contributed by atoms with Gasteiger partial charge in [0.2, 0.25) is 5.89 Å². The molecule has 2 aromatic heterocycles. The fourth-order valence-corrected chi connectivity index (χ4v) is 2.35. The minimum Gasteiger partial charge on any atom is -0.496 e. The van der Waals surface area contributed by atoms with Crippen LogP contribution in [0.5, 0.6) is 5.75 Å². The van der Waals surface area contributed by atoms with E-state index >= 15 is 0 Å². The quantitative estimate of drug-likeness (QED) is 0.625. The number of nitrogens with one attached hydrogen (secondary N) is 1.